The molecule has 1 heterocycles. The number of amides is 1. The second-order valence-corrected chi connectivity index (χ2v) is 8.79. The van der Waals surface area contributed by atoms with Crippen LogP contribution in [-0.2, 0) is 0 Å². The molecule has 1 fully saturated rings. The van der Waals surface area contributed by atoms with Gasteiger partial charge in [-0.1, -0.05) is 29.8 Å². The van der Waals surface area contributed by atoms with Crippen LogP contribution < -0.4 is 10.1 Å². The average Bonchev–Trinajstić information content (AvgIpc) is 3.15. The summed E-state index contributed by atoms with van der Waals surface area (Å²) in [5.41, 5.74) is 4.33. The van der Waals surface area contributed by atoms with Gasteiger partial charge in [0.05, 0.1) is 11.1 Å². The van der Waals surface area contributed by atoms with Gasteiger partial charge >= 0.3 is 0 Å². The van der Waals surface area contributed by atoms with Crippen LogP contribution in [-0.4, -0.2) is 30.6 Å². The summed E-state index contributed by atoms with van der Waals surface area (Å²) in [6, 6.07) is 14.1. The Morgan fingerprint density at radius 2 is 1.84 bits per heavy atom. The third kappa shape index (κ3) is 4.95. The van der Waals surface area contributed by atoms with Crippen LogP contribution in [0.2, 0.25) is 0 Å². The predicted octanol–water partition coefficient (Wildman–Crippen LogP) is 4.59. The number of hydrogen-bond donors (Lipinski definition) is 1. The molecule has 0 aromatic heterocycles. The van der Waals surface area contributed by atoms with E-state index >= 15 is 0 Å². The van der Waals surface area contributed by atoms with Gasteiger partial charge in [-0.3, -0.25) is 4.79 Å². The lowest BCUT2D eigenvalue weighted by molar-refractivity contribution is 0.0947. The Kier molecular flexibility index (Phi) is 6.32. The number of nitrogens with one attached hydrogen (secondary N) is 1. The van der Waals surface area contributed by atoms with Crippen molar-refractivity contribution in [3.8, 4) is 5.75 Å². The molecule has 0 aliphatic carbocycles. The number of aryl methyl sites for hydroxylation is 2. The molecule has 1 saturated heterocycles. The van der Waals surface area contributed by atoms with E-state index in [4.69, 9.17) is 4.74 Å². The lowest BCUT2D eigenvalue weighted by Crippen LogP contribution is -2.28. The van der Waals surface area contributed by atoms with Gasteiger partial charge in [-0.25, -0.2) is 0 Å². The Bertz CT molecular complexity index is 725. The van der Waals surface area contributed by atoms with E-state index < -0.39 is 0 Å². The maximum absolute atomic E-state index is 12.2. The van der Waals surface area contributed by atoms with Crippen molar-refractivity contribution in [1.82, 2.24) is 5.32 Å². The highest BCUT2D eigenvalue weighted by atomic mass is 32.2. The molecule has 1 aliphatic heterocycles. The Hall–Kier alpha value is -1.59. The van der Waals surface area contributed by atoms with Crippen LogP contribution in [0.25, 0.3) is 0 Å². The standard InChI is InChI=1S/C20H23NO2S2/c1-14-3-8-18(15(2)13-14)23-10-9-21-19(22)16-4-6-17(7-5-16)20-24-11-12-25-20/h3-8,13,20H,9-12H2,1-2H3,(H,21,22). The summed E-state index contributed by atoms with van der Waals surface area (Å²) in [6.07, 6.45) is 0. The largest absolute Gasteiger partial charge is 0.491 e. The Balaban J connectivity index is 1.45. The van der Waals surface area contributed by atoms with Gasteiger partial charge in [0.25, 0.3) is 5.91 Å². The van der Waals surface area contributed by atoms with Crippen LogP contribution in [0.3, 0.4) is 0 Å². The van der Waals surface area contributed by atoms with Crippen LogP contribution in [0.15, 0.2) is 42.5 Å². The highest BCUT2D eigenvalue weighted by Gasteiger charge is 2.18. The van der Waals surface area contributed by atoms with Gasteiger partial charge in [0.15, 0.2) is 0 Å². The molecule has 2 aromatic carbocycles. The third-order valence-electron chi connectivity index (χ3n) is 4.04. The first-order chi connectivity index (χ1) is 12.1. The first kappa shape index (κ1) is 18.2. The van der Waals surface area contributed by atoms with Crippen molar-refractivity contribution in [2.24, 2.45) is 0 Å². The van der Waals surface area contributed by atoms with Crippen LogP contribution in [0, 0.1) is 13.8 Å². The molecular formula is C20H23NO2S2. The van der Waals surface area contributed by atoms with Gasteiger partial charge in [0, 0.05) is 17.1 Å². The summed E-state index contributed by atoms with van der Waals surface area (Å²) < 4.78 is 6.26. The molecule has 0 radical (unpaired) electrons. The molecule has 0 spiro atoms. The topological polar surface area (TPSA) is 38.3 Å². The van der Waals surface area contributed by atoms with Crippen molar-refractivity contribution in [1.29, 1.82) is 0 Å². The molecule has 5 heteroatoms. The highest BCUT2D eigenvalue weighted by Crippen LogP contribution is 2.45. The lowest BCUT2D eigenvalue weighted by Gasteiger charge is -2.11. The zero-order valence-corrected chi connectivity index (χ0v) is 16.2. The van der Waals surface area contributed by atoms with E-state index in [1.165, 1.54) is 22.6 Å². The zero-order valence-electron chi connectivity index (χ0n) is 14.6. The molecule has 25 heavy (non-hydrogen) atoms. The summed E-state index contributed by atoms with van der Waals surface area (Å²) in [7, 11) is 0. The monoisotopic (exact) mass is 373 g/mol. The third-order valence-corrected chi connectivity index (χ3v) is 7.15. The minimum Gasteiger partial charge on any atom is -0.491 e. The number of thioether (sulfide) groups is 2. The molecule has 132 valence electrons. The number of hydrogen-bond acceptors (Lipinski definition) is 4. The fourth-order valence-electron chi connectivity index (χ4n) is 2.73. The van der Waals surface area contributed by atoms with Gasteiger partial charge < -0.3 is 10.1 Å². The zero-order chi connectivity index (χ0) is 17.6. The highest BCUT2D eigenvalue weighted by molar-refractivity contribution is 8.19. The number of ether oxygens (including phenoxy) is 1. The molecule has 2 aromatic rings. The summed E-state index contributed by atoms with van der Waals surface area (Å²) in [6.45, 7) is 5.04. The Morgan fingerprint density at radius 1 is 1.12 bits per heavy atom. The number of rotatable bonds is 6. The molecule has 0 unspecified atom stereocenters. The van der Waals surface area contributed by atoms with E-state index in [1.807, 2.05) is 54.7 Å². The quantitative estimate of drug-likeness (QED) is 0.752. The van der Waals surface area contributed by atoms with E-state index in [0.29, 0.717) is 23.3 Å². The van der Waals surface area contributed by atoms with Crippen molar-refractivity contribution in [2.45, 2.75) is 18.4 Å². The first-order valence-electron chi connectivity index (χ1n) is 8.45. The van der Waals surface area contributed by atoms with E-state index in [0.717, 1.165) is 11.3 Å². The fourth-order valence-corrected chi connectivity index (χ4v) is 5.59. The summed E-state index contributed by atoms with van der Waals surface area (Å²) >= 11 is 3.94. The number of benzene rings is 2. The van der Waals surface area contributed by atoms with Crippen LogP contribution >= 0.6 is 23.5 Å². The van der Waals surface area contributed by atoms with Crippen molar-refractivity contribution in [3.05, 3.63) is 64.7 Å². The van der Waals surface area contributed by atoms with Crippen molar-refractivity contribution in [2.75, 3.05) is 24.7 Å². The second kappa shape index (κ2) is 8.68. The molecule has 1 N–H and O–H groups in total. The number of carbonyl (C=O) groups excluding carboxylic acids is 1. The lowest BCUT2D eigenvalue weighted by atomic mass is 10.1. The Labute approximate surface area is 157 Å². The van der Waals surface area contributed by atoms with Crippen LogP contribution in [0.5, 0.6) is 5.75 Å². The molecule has 1 aliphatic rings. The molecule has 0 bridgehead atoms. The number of carbonyl (C=O) groups is 1. The fraction of sp³-hybridized carbons (Fsp3) is 0.350. The predicted molar refractivity (Wildman–Crippen MR) is 108 cm³/mol. The van der Waals surface area contributed by atoms with Crippen LogP contribution in [0.1, 0.15) is 31.6 Å². The molecule has 3 nitrogen and oxygen atoms in total. The normalized spacial score (nSPS) is 14.5. The minimum absolute atomic E-state index is 0.0532. The molecule has 3 rings (SSSR count). The molecule has 0 saturated carbocycles. The van der Waals surface area contributed by atoms with Gasteiger partial charge in [0.1, 0.15) is 12.4 Å². The maximum Gasteiger partial charge on any atom is 0.251 e. The Morgan fingerprint density at radius 3 is 2.52 bits per heavy atom. The van der Waals surface area contributed by atoms with E-state index in [1.54, 1.807) is 0 Å². The first-order valence-corrected chi connectivity index (χ1v) is 10.5. The second-order valence-electron chi connectivity index (χ2n) is 6.07. The van der Waals surface area contributed by atoms with E-state index in [9.17, 15) is 4.79 Å². The van der Waals surface area contributed by atoms with Crippen molar-refractivity contribution in [3.63, 3.8) is 0 Å². The van der Waals surface area contributed by atoms with Crippen LogP contribution in [0.4, 0.5) is 0 Å². The van der Waals surface area contributed by atoms with Crippen molar-refractivity contribution >= 4 is 29.4 Å². The average molecular weight is 374 g/mol. The van der Waals surface area contributed by atoms with Gasteiger partial charge in [-0.15, -0.1) is 23.5 Å². The summed E-state index contributed by atoms with van der Waals surface area (Å²) in [5, 5.41) is 2.91. The SMILES string of the molecule is Cc1ccc(OCCNC(=O)c2ccc(C3SCCS3)cc2)c(C)c1. The van der Waals surface area contributed by atoms with Gasteiger partial charge in [0.2, 0.25) is 0 Å². The van der Waals surface area contributed by atoms with E-state index in [-0.39, 0.29) is 5.91 Å². The minimum atomic E-state index is -0.0532. The van der Waals surface area contributed by atoms with Crippen molar-refractivity contribution < 1.29 is 9.53 Å². The smallest absolute Gasteiger partial charge is 0.251 e. The van der Waals surface area contributed by atoms with Gasteiger partial charge in [-0.2, -0.15) is 0 Å². The summed E-state index contributed by atoms with van der Waals surface area (Å²) in [5.74, 6) is 3.23. The maximum atomic E-state index is 12.2. The summed E-state index contributed by atoms with van der Waals surface area (Å²) in [4.78, 5) is 12.2. The van der Waals surface area contributed by atoms with Gasteiger partial charge in [-0.05, 0) is 43.2 Å². The molecule has 1 amide bonds. The van der Waals surface area contributed by atoms with E-state index in [2.05, 4.69) is 30.4 Å². The molecule has 0 atom stereocenters. The molecular weight excluding hydrogens is 350 g/mol.